The highest BCUT2D eigenvalue weighted by atomic mass is 16.6. The lowest BCUT2D eigenvalue weighted by Gasteiger charge is -2.19. The van der Waals surface area contributed by atoms with Gasteiger partial charge in [0.15, 0.2) is 5.69 Å². The molecule has 2 aromatic rings. The molecule has 2 rings (SSSR count). The normalized spacial score (nSPS) is 11.0. The largest absolute Gasteiger partial charge is 0.473 e. The van der Waals surface area contributed by atoms with Crippen molar-refractivity contribution in [3.8, 4) is 5.88 Å². The second-order valence-electron chi connectivity index (χ2n) is 6.25. The molecule has 0 saturated heterocycles. The van der Waals surface area contributed by atoms with Crippen LogP contribution in [0, 0.1) is 0 Å². The molecule has 7 nitrogen and oxygen atoms in total. The van der Waals surface area contributed by atoms with Crippen molar-refractivity contribution in [2.45, 2.75) is 39.9 Å². The molecule has 0 aliphatic rings. The second-order valence-corrected chi connectivity index (χ2v) is 6.25. The SMILES string of the molecule is CCOC(=O)c1cc(OCc2ccccc2)n(C(=O)OC(C)(C)C)n1. The first kappa shape index (κ1) is 18.5. The van der Waals surface area contributed by atoms with Crippen LogP contribution in [0.15, 0.2) is 36.4 Å². The molecule has 0 aliphatic heterocycles. The Hall–Kier alpha value is -2.83. The van der Waals surface area contributed by atoms with Crippen molar-refractivity contribution in [2.24, 2.45) is 0 Å². The fraction of sp³-hybridized carbons (Fsp3) is 0.389. The van der Waals surface area contributed by atoms with Crippen molar-refractivity contribution >= 4 is 12.1 Å². The van der Waals surface area contributed by atoms with Crippen LogP contribution in [0.1, 0.15) is 43.7 Å². The van der Waals surface area contributed by atoms with Gasteiger partial charge in [-0.3, -0.25) is 0 Å². The van der Waals surface area contributed by atoms with Gasteiger partial charge in [0.1, 0.15) is 12.2 Å². The summed E-state index contributed by atoms with van der Waals surface area (Å²) in [6.45, 7) is 7.34. The maximum absolute atomic E-state index is 12.3. The van der Waals surface area contributed by atoms with E-state index in [1.807, 2.05) is 30.3 Å². The number of carbonyl (C=O) groups is 2. The summed E-state index contributed by atoms with van der Waals surface area (Å²) in [5.74, 6) is -0.518. The first-order valence-corrected chi connectivity index (χ1v) is 7.97. The van der Waals surface area contributed by atoms with Gasteiger partial charge in [0, 0.05) is 6.07 Å². The molecule has 0 spiro atoms. The summed E-state index contributed by atoms with van der Waals surface area (Å²) in [5.41, 5.74) is 0.192. The average molecular weight is 346 g/mol. The molecule has 1 aromatic heterocycles. The molecule has 0 bridgehead atoms. The third-order valence-electron chi connectivity index (χ3n) is 2.96. The number of hydrogen-bond donors (Lipinski definition) is 0. The van der Waals surface area contributed by atoms with Gasteiger partial charge in [-0.15, -0.1) is 4.68 Å². The van der Waals surface area contributed by atoms with Crippen LogP contribution < -0.4 is 4.74 Å². The Morgan fingerprint density at radius 1 is 1.16 bits per heavy atom. The molecule has 134 valence electrons. The number of carbonyl (C=O) groups excluding carboxylic acids is 2. The van der Waals surface area contributed by atoms with Crippen LogP contribution in [-0.2, 0) is 16.1 Å². The highest BCUT2D eigenvalue weighted by molar-refractivity contribution is 5.88. The van der Waals surface area contributed by atoms with Gasteiger partial charge in [-0.1, -0.05) is 30.3 Å². The summed E-state index contributed by atoms with van der Waals surface area (Å²) < 4.78 is 16.8. The summed E-state index contributed by atoms with van der Waals surface area (Å²) in [7, 11) is 0. The molecule has 1 aromatic carbocycles. The number of esters is 1. The minimum absolute atomic E-state index is 0.0178. The smallest absolute Gasteiger partial charge is 0.438 e. The Balaban J connectivity index is 2.25. The summed E-state index contributed by atoms with van der Waals surface area (Å²) in [6, 6.07) is 10.8. The molecule has 0 aliphatic carbocycles. The zero-order chi connectivity index (χ0) is 18.4. The third kappa shape index (κ3) is 5.34. The van der Waals surface area contributed by atoms with E-state index in [-0.39, 0.29) is 24.8 Å². The van der Waals surface area contributed by atoms with E-state index in [1.54, 1.807) is 27.7 Å². The number of rotatable bonds is 5. The van der Waals surface area contributed by atoms with E-state index in [0.29, 0.717) is 0 Å². The van der Waals surface area contributed by atoms with Crippen molar-refractivity contribution in [2.75, 3.05) is 6.61 Å². The molecule has 25 heavy (non-hydrogen) atoms. The molecular weight excluding hydrogens is 324 g/mol. The van der Waals surface area contributed by atoms with Crippen LogP contribution in [0.5, 0.6) is 5.88 Å². The number of aromatic nitrogens is 2. The first-order valence-electron chi connectivity index (χ1n) is 7.97. The lowest BCUT2D eigenvalue weighted by atomic mass is 10.2. The Labute approximate surface area is 146 Å². The lowest BCUT2D eigenvalue weighted by Crippen LogP contribution is -2.28. The van der Waals surface area contributed by atoms with Crippen molar-refractivity contribution in [1.82, 2.24) is 9.78 Å². The van der Waals surface area contributed by atoms with Crippen molar-refractivity contribution < 1.29 is 23.8 Å². The minimum atomic E-state index is -0.730. The minimum Gasteiger partial charge on any atom is -0.473 e. The summed E-state index contributed by atoms with van der Waals surface area (Å²) in [4.78, 5) is 24.2. The van der Waals surface area contributed by atoms with E-state index in [0.717, 1.165) is 10.2 Å². The molecule has 0 saturated carbocycles. The second kappa shape index (κ2) is 7.83. The van der Waals surface area contributed by atoms with E-state index >= 15 is 0 Å². The molecule has 1 heterocycles. The quantitative estimate of drug-likeness (QED) is 0.772. The number of benzene rings is 1. The zero-order valence-electron chi connectivity index (χ0n) is 14.8. The summed E-state index contributed by atoms with van der Waals surface area (Å²) in [5, 5.41) is 3.97. The van der Waals surface area contributed by atoms with Crippen LogP contribution in [-0.4, -0.2) is 34.1 Å². The zero-order valence-corrected chi connectivity index (χ0v) is 14.8. The van der Waals surface area contributed by atoms with Gasteiger partial charge in [-0.05, 0) is 33.3 Å². The van der Waals surface area contributed by atoms with Gasteiger partial charge in [0.2, 0.25) is 5.88 Å². The van der Waals surface area contributed by atoms with E-state index in [9.17, 15) is 9.59 Å². The van der Waals surface area contributed by atoms with Crippen LogP contribution in [0.3, 0.4) is 0 Å². The lowest BCUT2D eigenvalue weighted by molar-refractivity contribution is 0.0487. The van der Waals surface area contributed by atoms with Crippen LogP contribution in [0.4, 0.5) is 4.79 Å². The van der Waals surface area contributed by atoms with Gasteiger partial charge >= 0.3 is 12.1 Å². The van der Waals surface area contributed by atoms with Crippen LogP contribution >= 0.6 is 0 Å². The maximum Gasteiger partial charge on any atom is 0.438 e. The van der Waals surface area contributed by atoms with E-state index < -0.39 is 17.7 Å². The fourth-order valence-corrected chi connectivity index (χ4v) is 1.94. The highest BCUT2D eigenvalue weighted by Gasteiger charge is 2.25. The number of nitrogens with zero attached hydrogens (tertiary/aromatic N) is 2. The molecular formula is C18H22N2O5. The van der Waals surface area contributed by atoms with Crippen LogP contribution in [0.25, 0.3) is 0 Å². The summed E-state index contributed by atoms with van der Waals surface area (Å²) in [6.07, 6.45) is -0.730. The van der Waals surface area contributed by atoms with E-state index in [4.69, 9.17) is 14.2 Å². The molecule has 0 atom stereocenters. The predicted molar refractivity (Wildman–Crippen MR) is 90.6 cm³/mol. The van der Waals surface area contributed by atoms with E-state index in [1.165, 1.54) is 6.07 Å². The van der Waals surface area contributed by atoms with Gasteiger partial charge in [0.05, 0.1) is 6.61 Å². The first-order chi connectivity index (χ1) is 11.8. The third-order valence-corrected chi connectivity index (χ3v) is 2.96. The summed E-state index contributed by atoms with van der Waals surface area (Å²) >= 11 is 0. The van der Waals surface area contributed by atoms with Gasteiger partial charge in [-0.25, -0.2) is 9.59 Å². The maximum atomic E-state index is 12.3. The topological polar surface area (TPSA) is 79.7 Å². The Kier molecular flexibility index (Phi) is 5.80. The predicted octanol–water partition coefficient (Wildman–Crippen LogP) is 3.42. The van der Waals surface area contributed by atoms with Crippen molar-refractivity contribution in [3.05, 3.63) is 47.7 Å². The van der Waals surface area contributed by atoms with Gasteiger partial charge in [0.25, 0.3) is 0 Å². The molecule has 0 amide bonds. The number of ether oxygens (including phenoxy) is 3. The van der Waals surface area contributed by atoms with Crippen LogP contribution in [0.2, 0.25) is 0 Å². The highest BCUT2D eigenvalue weighted by Crippen LogP contribution is 2.19. The standard InChI is InChI=1S/C18H22N2O5/c1-5-23-16(21)14-11-15(24-12-13-9-7-6-8-10-13)20(19-14)17(22)25-18(2,3)4/h6-11H,5,12H2,1-4H3. The van der Waals surface area contributed by atoms with Crippen molar-refractivity contribution in [1.29, 1.82) is 0 Å². The van der Waals surface area contributed by atoms with Gasteiger partial charge in [-0.2, -0.15) is 5.10 Å². The monoisotopic (exact) mass is 346 g/mol. The number of hydrogen-bond acceptors (Lipinski definition) is 6. The molecule has 0 fully saturated rings. The molecule has 0 N–H and O–H groups in total. The fourth-order valence-electron chi connectivity index (χ4n) is 1.94. The molecule has 7 heteroatoms. The molecule has 0 unspecified atom stereocenters. The Bertz CT molecular complexity index is 732. The van der Waals surface area contributed by atoms with Gasteiger partial charge < -0.3 is 14.2 Å². The Morgan fingerprint density at radius 3 is 2.44 bits per heavy atom. The van der Waals surface area contributed by atoms with Crippen molar-refractivity contribution in [3.63, 3.8) is 0 Å². The average Bonchev–Trinajstić information content (AvgIpc) is 2.97. The Morgan fingerprint density at radius 2 is 1.84 bits per heavy atom. The molecule has 0 radical (unpaired) electrons. The van der Waals surface area contributed by atoms with E-state index in [2.05, 4.69) is 5.10 Å².